The Labute approximate surface area is 179 Å². The van der Waals surface area contributed by atoms with Crippen LogP contribution in [0.1, 0.15) is 51.0 Å². The fraction of sp³-hybridized carbons (Fsp3) is 0.429. The van der Waals surface area contributed by atoms with Crippen LogP contribution in [-0.2, 0) is 9.59 Å². The Balaban J connectivity index is 1.67. The fourth-order valence-electron chi connectivity index (χ4n) is 4.31. The van der Waals surface area contributed by atoms with E-state index < -0.39 is 17.4 Å². The number of anilines is 3. The number of hydrogen-bond acceptors (Lipinski definition) is 5. The summed E-state index contributed by atoms with van der Waals surface area (Å²) in [7, 11) is 0. The van der Waals surface area contributed by atoms with Crippen molar-refractivity contribution in [2.75, 3.05) is 15.5 Å². The van der Waals surface area contributed by atoms with Gasteiger partial charge in [-0.2, -0.15) is 4.98 Å². The van der Waals surface area contributed by atoms with Crippen LogP contribution in [0.2, 0.25) is 5.02 Å². The van der Waals surface area contributed by atoms with Crippen molar-refractivity contribution >= 4 is 40.9 Å². The summed E-state index contributed by atoms with van der Waals surface area (Å²) in [5, 5.41) is 5.97. The molecule has 1 aromatic carbocycles. The Morgan fingerprint density at radius 1 is 1.17 bits per heavy atom. The van der Waals surface area contributed by atoms with Gasteiger partial charge in [0.2, 0.25) is 17.8 Å². The zero-order valence-corrected chi connectivity index (χ0v) is 17.6. The molecule has 0 saturated carbocycles. The molecule has 0 spiro atoms. The van der Waals surface area contributed by atoms with Gasteiger partial charge in [-0.3, -0.25) is 19.4 Å². The van der Waals surface area contributed by atoms with Crippen molar-refractivity contribution in [2.24, 2.45) is 0 Å². The molecule has 1 fully saturated rings. The number of halogens is 1. The maximum atomic E-state index is 13.0. The van der Waals surface area contributed by atoms with Gasteiger partial charge in [0.25, 0.3) is 5.56 Å². The summed E-state index contributed by atoms with van der Waals surface area (Å²) in [4.78, 5) is 47.6. The molecule has 1 saturated heterocycles. The third-order valence-electron chi connectivity index (χ3n) is 5.80. The summed E-state index contributed by atoms with van der Waals surface area (Å²) in [5.74, 6) is -1.12. The summed E-state index contributed by atoms with van der Waals surface area (Å²) in [6.45, 7) is 4.19. The molecule has 1 aromatic heterocycles. The Bertz CT molecular complexity index is 1030. The average Bonchev–Trinajstić information content (AvgIpc) is 2.68. The first-order valence-electron chi connectivity index (χ1n) is 10.1. The number of fused-ring (bicyclic) bond motifs is 1. The lowest BCUT2D eigenvalue weighted by molar-refractivity contribution is -0.123. The molecule has 2 aliphatic rings. The lowest BCUT2D eigenvalue weighted by Crippen LogP contribution is -2.46. The smallest absolute Gasteiger partial charge is 0.258 e. The molecule has 3 heterocycles. The number of H-pyrrole nitrogens is 1. The van der Waals surface area contributed by atoms with Crippen molar-refractivity contribution in [3.05, 3.63) is 45.2 Å². The van der Waals surface area contributed by atoms with E-state index in [0.717, 1.165) is 19.3 Å². The molecule has 0 aliphatic carbocycles. The number of piperidine rings is 1. The zero-order chi connectivity index (χ0) is 21.4. The zero-order valence-electron chi connectivity index (χ0n) is 16.9. The standard InChI is InChI=1S/C21H24ClN5O3/c1-11-4-3-5-12(2)27(11)21-25-18-17(20(30)26-21)15(10-16(28)24-18)19(29)23-14-8-6-13(22)7-9-14/h6-9,11-12,15H,3-5,10H2,1-2H3,(H,23,29)(H2,24,25,26,28,30). The van der Waals surface area contributed by atoms with Gasteiger partial charge >= 0.3 is 0 Å². The number of amides is 2. The second-order valence-corrected chi connectivity index (χ2v) is 8.43. The van der Waals surface area contributed by atoms with E-state index in [0.29, 0.717) is 16.7 Å². The summed E-state index contributed by atoms with van der Waals surface area (Å²) in [6.07, 6.45) is 3.01. The van der Waals surface area contributed by atoms with Gasteiger partial charge in [-0.15, -0.1) is 0 Å². The maximum Gasteiger partial charge on any atom is 0.258 e. The summed E-state index contributed by atoms with van der Waals surface area (Å²) >= 11 is 5.88. The predicted molar refractivity (Wildman–Crippen MR) is 116 cm³/mol. The molecule has 0 bridgehead atoms. The summed E-state index contributed by atoms with van der Waals surface area (Å²) in [5.41, 5.74) is 0.312. The first-order valence-corrected chi connectivity index (χ1v) is 10.5. The van der Waals surface area contributed by atoms with E-state index in [1.807, 2.05) is 0 Å². The van der Waals surface area contributed by atoms with Crippen molar-refractivity contribution in [3.8, 4) is 0 Å². The van der Waals surface area contributed by atoms with Crippen molar-refractivity contribution in [3.63, 3.8) is 0 Å². The van der Waals surface area contributed by atoms with Crippen molar-refractivity contribution < 1.29 is 9.59 Å². The SMILES string of the molecule is CC1CCCC(C)N1c1nc2c(c(=O)[nH]1)C(C(=O)Nc1ccc(Cl)cc1)CC(=O)N2. The van der Waals surface area contributed by atoms with Gasteiger partial charge in [0.05, 0.1) is 11.5 Å². The van der Waals surface area contributed by atoms with E-state index in [-0.39, 0.29) is 35.8 Å². The first-order chi connectivity index (χ1) is 14.3. The average molecular weight is 430 g/mol. The molecule has 4 rings (SSSR count). The highest BCUT2D eigenvalue weighted by molar-refractivity contribution is 6.30. The molecule has 8 nitrogen and oxygen atoms in total. The molecule has 3 atom stereocenters. The van der Waals surface area contributed by atoms with Gasteiger partial charge < -0.3 is 15.5 Å². The van der Waals surface area contributed by atoms with Crippen LogP contribution in [0.3, 0.4) is 0 Å². The van der Waals surface area contributed by atoms with E-state index in [4.69, 9.17) is 11.6 Å². The molecule has 0 radical (unpaired) electrons. The van der Waals surface area contributed by atoms with Crippen LogP contribution in [0.15, 0.2) is 29.1 Å². The van der Waals surface area contributed by atoms with Crippen molar-refractivity contribution in [1.29, 1.82) is 0 Å². The molecule has 3 unspecified atom stereocenters. The summed E-state index contributed by atoms with van der Waals surface area (Å²) < 4.78 is 0. The third kappa shape index (κ3) is 3.92. The van der Waals surface area contributed by atoms with Crippen molar-refractivity contribution in [2.45, 2.75) is 57.5 Å². The lowest BCUT2D eigenvalue weighted by Gasteiger charge is -2.39. The molecular weight excluding hydrogens is 406 g/mol. The van der Waals surface area contributed by atoms with E-state index in [9.17, 15) is 14.4 Å². The minimum absolute atomic E-state index is 0.118. The molecule has 2 amide bonds. The minimum atomic E-state index is -0.925. The first kappa shape index (κ1) is 20.4. The number of carbonyl (C=O) groups is 2. The number of aromatic nitrogens is 2. The monoisotopic (exact) mass is 429 g/mol. The second-order valence-electron chi connectivity index (χ2n) is 7.99. The van der Waals surface area contributed by atoms with E-state index in [1.165, 1.54) is 0 Å². The maximum absolute atomic E-state index is 13.0. The second kappa shape index (κ2) is 8.10. The fourth-order valence-corrected chi connectivity index (χ4v) is 4.43. The van der Waals surface area contributed by atoms with Gasteiger partial charge in [-0.05, 0) is 57.4 Å². The quantitative estimate of drug-likeness (QED) is 0.694. The Hall–Kier alpha value is -2.87. The Morgan fingerprint density at radius 3 is 2.50 bits per heavy atom. The highest BCUT2D eigenvalue weighted by Gasteiger charge is 2.36. The van der Waals surface area contributed by atoms with Gasteiger partial charge in [-0.25, -0.2) is 0 Å². The van der Waals surface area contributed by atoms with Crippen molar-refractivity contribution in [1.82, 2.24) is 9.97 Å². The molecular formula is C21H24ClN5O3. The molecule has 3 N–H and O–H groups in total. The van der Waals surface area contributed by atoms with Crippen LogP contribution in [0.5, 0.6) is 0 Å². The molecule has 2 aliphatic heterocycles. The third-order valence-corrected chi connectivity index (χ3v) is 6.06. The van der Waals surface area contributed by atoms with E-state index >= 15 is 0 Å². The lowest BCUT2D eigenvalue weighted by atomic mass is 9.92. The number of nitrogens with zero attached hydrogens (tertiary/aromatic N) is 2. The Morgan fingerprint density at radius 2 is 1.83 bits per heavy atom. The summed E-state index contributed by atoms with van der Waals surface area (Å²) in [6, 6.07) is 7.07. The van der Waals surface area contributed by atoms with Gasteiger partial charge in [0.1, 0.15) is 5.82 Å². The van der Waals surface area contributed by atoms with Crippen LogP contribution in [0, 0.1) is 0 Å². The number of benzene rings is 1. The number of aromatic amines is 1. The minimum Gasteiger partial charge on any atom is -0.337 e. The normalized spacial score (nSPS) is 23.5. The van der Waals surface area contributed by atoms with Crippen LogP contribution in [0.4, 0.5) is 17.5 Å². The number of hydrogen-bond donors (Lipinski definition) is 3. The van der Waals surface area contributed by atoms with Gasteiger partial charge in [-0.1, -0.05) is 11.6 Å². The molecule has 9 heteroatoms. The largest absolute Gasteiger partial charge is 0.337 e. The van der Waals surface area contributed by atoms with Crippen LogP contribution < -0.4 is 21.1 Å². The number of rotatable bonds is 3. The highest BCUT2D eigenvalue weighted by atomic mass is 35.5. The van der Waals surface area contributed by atoms with Crippen LogP contribution in [-0.4, -0.2) is 33.9 Å². The van der Waals surface area contributed by atoms with Crippen LogP contribution >= 0.6 is 11.6 Å². The van der Waals surface area contributed by atoms with Gasteiger partial charge in [0, 0.05) is 29.2 Å². The van der Waals surface area contributed by atoms with Gasteiger partial charge in [0.15, 0.2) is 0 Å². The highest BCUT2D eigenvalue weighted by Crippen LogP contribution is 2.32. The number of nitrogens with one attached hydrogen (secondary N) is 3. The Kier molecular flexibility index (Phi) is 5.51. The van der Waals surface area contributed by atoms with E-state index in [1.54, 1.807) is 24.3 Å². The topological polar surface area (TPSA) is 107 Å². The number of carbonyl (C=O) groups excluding carboxylic acids is 2. The molecule has 2 aromatic rings. The van der Waals surface area contributed by atoms with Crippen LogP contribution in [0.25, 0.3) is 0 Å². The predicted octanol–water partition coefficient (Wildman–Crippen LogP) is 3.26. The molecule has 158 valence electrons. The molecule has 30 heavy (non-hydrogen) atoms. The van der Waals surface area contributed by atoms with E-state index in [2.05, 4.69) is 39.3 Å².